The zero-order valence-electron chi connectivity index (χ0n) is 5.39. The first-order chi connectivity index (χ1) is 5.27. The Morgan fingerprint density at radius 1 is 1.55 bits per heavy atom. The summed E-state index contributed by atoms with van der Waals surface area (Å²) in [6.45, 7) is 0. The molecule has 0 amide bonds. The Hall–Kier alpha value is -1.29. The zero-order chi connectivity index (χ0) is 7.84. The Labute approximate surface area is 66.2 Å². The van der Waals surface area contributed by atoms with E-state index in [4.69, 9.17) is 11.6 Å². The van der Waals surface area contributed by atoms with Crippen LogP contribution >= 0.6 is 11.6 Å². The molecule has 0 unspecified atom stereocenters. The highest BCUT2D eigenvalue weighted by Gasteiger charge is 2.00. The lowest BCUT2D eigenvalue weighted by Crippen LogP contribution is -2.07. The van der Waals surface area contributed by atoms with Crippen LogP contribution in [0.3, 0.4) is 0 Å². The third kappa shape index (κ3) is 0.914. The second kappa shape index (κ2) is 2.10. The van der Waals surface area contributed by atoms with Crippen LogP contribution in [0.25, 0.3) is 11.0 Å². The maximum atomic E-state index is 10.7. The van der Waals surface area contributed by atoms with Crippen molar-refractivity contribution < 1.29 is 0 Å². The molecule has 2 heterocycles. The van der Waals surface area contributed by atoms with Gasteiger partial charge in [-0.1, -0.05) is 11.6 Å². The van der Waals surface area contributed by atoms with E-state index < -0.39 is 0 Å². The van der Waals surface area contributed by atoms with Crippen molar-refractivity contribution in [3.63, 3.8) is 0 Å². The van der Waals surface area contributed by atoms with Crippen LogP contribution in [0.5, 0.6) is 0 Å². The molecule has 2 aromatic heterocycles. The van der Waals surface area contributed by atoms with Gasteiger partial charge in [0.2, 0.25) is 0 Å². The molecule has 0 fully saturated rings. The van der Waals surface area contributed by atoms with E-state index >= 15 is 0 Å². The lowest BCUT2D eigenvalue weighted by molar-refractivity contribution is 1.11. The predicted octanol–water partition coefficient (Wildman–Crippen LogP) is 0.905. The van der Waals surface area contributed by atoms with Crippen molar-refractivity contribution in [1.82, 2.24) is 15.0 Å². The van der Waals surface area contributed by atoms with Crippen molar-refractivity contribution >= 4 is 22.6 Å². The monoisotopic (exact) mass is 169 g/mol. The number of halogens is 1. The molecule has 0 saturated heterocycles. The summed E-state index contributed by atoms with van der Waals surface area (Å²) in [7, 11) is 0. The van der Waals surface area contributed by atoms with Crippen molar-refractivity contribution in [1.29, 1.82) is 0 Å². The molecule has 0 aliphatic heterocycles. The molecule has 4 nitrogen and oxygen atoms in total. The van der Waals surface area contributed by atoms with Gasteiger partial charge in [-0.25, -0.2) is 9.78 Å². The van der Waals surface area contributed by atoms with E-state index in [-0.39, 0.29) is 5.69 Å². The molecule has 2 aromatic rings. The first-order valence-electron chi connectivity index (χ1n) is 2.99. The van der Waals surface area contributed by atoms with Gasteiger partial charge < -0.3 is 4.98 Å². The van der Waals surface area contributed by atoms with Gasteiger partial charge >= 0.3 is 5.69 Å². The first-order valence-corrected chi connectivity index (χ1v) is 3.37. The number of rotatable bonds is 0. The summed E-state index contributed by atoms with van der Waals surface area (Å²) in [5.41, 5.74) is 0.228. The van der Waals surface area contributed by atoms with Gasteiger partial charge in [0.15, 0.2) is 0 Å². The summed E-state index contributed by atoms with van der Waals surface area (Å²) in [6, 6.07) is 0. The largest absolute Gasteiger partial charge is 0.346 e. The quantitative estimate of drug-likeness (QED) is 0.616. The van der Waals surface area contributed by atoms with Crippen LogP contribution in [-0.4, -0.2) is 15.0 Å². The van der Waals surface area contributed by atoms with Crippen molar-refractivity contribution in [3.8, 4) is 0 Å². The normalized spacial score (nSPS) is 10.6. The lowest BCUT2D eigenvalue weighted by atomic mass is 10.4. The summed E-state index contributed by atoms with van der Waals surface area (Å²) in [5, 5.41) is 1.29. The van der Waals surface area contributed by atoms with Gasteiger partial charge in [0.25, 0.3) is 0 Å². The van der Waals surface area contributed by atoms with Gasteiger partial charge in [-0.3, -0.25) is 4.98 Å². The molecule has 0 aliphatic rings. The minimum atomic E-state index is -0.379. The summed E-state index contributed by atoms with van der Waals surface area (Å²) in [6.07, 6.45) is 3.04. The fraction of sp³-hybridized carbons (Fsp3) is 0. The molecule has 11 heavy (non-hydrogen) atoms. The number of aromatic amines is 2. The van der Waals surface area contributed by atoms with Crippen LogP contribution in [0.4, 0.5) is 0 Å². The molecule has 2 rings (SSSR count). The molecule has 56 valence electrons. The minimum absolute atomic E-state index is 0.379. The van der Waals surface area contributed by atoms with Crippen molar-refractivity contribution in [2.75, 3.05) is 0 Å². The van der Waals surface area contributed by atoms with Crippen LogP contribution in [0.2, 0.25) is 5.02 Å². The molecule has 0 atom stereocenters. The molecule has 0 saturated carbocycles. The van der Waals surface area contributed by atoms with Crippen molar-refractivity contribution in [3.05, 3.63) is 27.9 Å². The Bertz CT molecular complexity index is 444. The Balaban J connectivity index is 2.96. The van der Waals surface area contributed by atoms with Gasteiger partial charge in [-0.05, 0) is 0 Å². The molecule has 0 aromatic carbocycles. The standard InChI is InChI=1S/C6H4ClN3O/c7-4-2-8-5-3(4)1-9-6(11)10-5/h1-2H,(H2,8,9,10,11). The highest BCUT2D eigenvalue weighted by Crippen LogP contribution is 2.18. The SMILES string of the molecule is O=c1ncc2c(Cl)c[nH]c2[nH]1. The molecular weight excluding hydrogens is 166 g/mol. The maximum absolute atomic E-state index is 10.7. The topological polar surface area (TPSA) is 61.5 Å². The molecule has 0 aliphatic carbocycles. The molecule has 0 bridgehead atoms. The van der Waals surface area contributed by atoms with Gasteiger partial charge in [0.1, 0.15) is 5.65 Å². The Kier molecular flexibility index (Phi) is 1.22. The highest BCUT2D eigenvalue weighted by molar-refractivity contribution is 6.35. The molecule has 0 radical (unpaired) electrons. The smallest absolute Gasteiger partial charge is 0.346 e. The van der Waals surface area contributed by atoms with Crippen LogP contribution in [0.15, 0.2) is 17.2 Å². The lowest BCUT2D eigenvalue weighted by Gasteiger charge is -1.85. The van der Waals surface area contributed by atoms with E-state index in [2.05, 4.69) is 15.0 Å². The number of nitrogens with one attached hydrogen (secondary N) is 2. The minimum Gasteiger partial charge on any atom is -0.346 e. The molecular formula is C6H4ClN3O. The van der Waals surface area contributed by atoms with E-state index in [1.807, 2.05) is 0 Å². The van der Waals surface area contributed by atoms with E-state index in [9.17, 15) is 4.79 Å². The summed E-state index contributed by atoms with van der Waals surface area (Å²) < 4.78 is 0. The molecule has 5 heteroatoms. The number of fused-ring (bicyclic) bond motifs is 1. The average Bonchev–Trinajstić information content (AvgIpc) is 2.32. The van der Waals surface area contributed by atoms with Crippen molar-refractivity contribution in [2.24, 2.45) is 0 Å². The van der Waals surface area contributed by atoms with Crippen LogP contribution in [-0.2, 0) is 0 Å². The Morgan fingerprint density at radius 3 is 3.18 bits per heavy atom. The fourth-order valence-corrected chi connectivity index (χ4v) is 1.10. The molecule has 0 spiro atoms. The Morgan fingerprint density at radius 2 is 2.36 bits per heavy atom. The van der Waals surface area contributed by atoms with Gasteiger partial charge in [0.05, 0.1) is 10.4 Å². The second-order valence-electron chi connectivity index (χ2n) is 2.11. The van der Waals surface area contributed by atoms with E-state index in [1.54, 1.807) is 6.20 Å². The van der Waals surface area contributed by atoms with Crippen molar-refractivity contribution in [2.45, 2.75) is 0 Å². The second-order valence-corrected chi connectivity index (χ2v) is 2.52. The number of hydrogen-bond donors (Lipinski definition) is 2. The maximum Gasteiger partial charge on any atom is 0.346 e. The summed E-state index contributed by atoms with van der Waals surface area (Å²) in [4.78, 5) is 19.5. The van der Waals surface area contributed by atoms with Gasteiger partial charge in [-0.2, -0.15) is 0 Å². The summed E-state index contributed by atoms with van der Waals surface area (Å²) in [5.74, 6) is 0. The zero-order valence-corrected chi connectivity index (χ0v) is 6.14. The number of aromatic nitrogens is 3. The van der Waals surface area contributed by atoms with E-state index in [0.717, 1.165) is 5.39 Å². The van der Waals surface area contributed by atoms with E-state index in [1.165, 1.54) is 6.20 Å². The summed E-state index contributed by atoms with van der Waals surface area (Å²) >= 11 is 5.73. The van der Waals surface area contributed by atoms with E-state index in [0.29, 0.717) is 10.7 Å². The number of H-pyrrole nitrogens is 2. The average molecular weight is 170 g/mol. The third-order valence-electron chi connectivity index (χ3n) is 1.41. The number of nitrogens with zero attached hydrogens (tertiary/aromatic N) is 1. The van der Waals surface area contributed by atoms with Crippen LogP contribution in [0.1, 0.15) is 0 Å². The highest BCUT2D eigenvalue weighted by atomic mass is 35.5. The number of hydrogen-bond acceptors (Lipinski definition) is 2. The third-order valence-corrected chi connectivity index (χ3v) is 1.73. The molecule has 2 N–H and O–H groups in total. The van der Waals surface area contributed by atoms with Gasteiger partial charge in [0, 0.05) is 12.4 Å². The predicted molar refractivity (Wildman–Crippen MR) is 41.7 cm³/mol. The van der Waals surface area contributed by atoms with Gasteiger partial charge in [-0.15, -0.1) is 0 Å². The van der Waals surface area contributed by atoms with Crippen LogP contribution in [0, 0.1) is 0 Å². The first kappa shape index (κ1) is 6.42. The van der Waals surface area contributed by atoms with Crippen LogP contribution < -0.4 is 5.69 Å². The fourth-order valence-electron chi connectivity index (χ4n) is 0.902.